The SMILES string of the molecule is Cc1nn(Cc2ccccc2F)c(C)c1NC(=O)c1cccc(COc2cccc(Br)c2)c1. The van der Waals surface area contributed by atoms with Crippen LogP contribution in [0.3, 0.4) is 0 Å². The highest BCUT2D eigenvalue weighted by atomic mass is 79.9. The van der Waals surface area contributed by atoms with Crippen molar-refractivity contribution in [3.8, 4) is 5.75 Å². The average Bonchev–Trinajstić information content (AvgIpc) is 3.07. The molecular weight excluding hydrogens is 485 g/mol. The molecule has 0 aliphatic carbocycles. The van der Waals surface area contributed by atoms with Crippen LogP contribution < -0.4 is 10.1 Å². The summed E-state index contributed by atoms with van der Waals surface area (Å²) in [5, 5.41) is 7.45. The molecule has 33 heavy (non-hydrogen) atoms. The number of amides is 1. The molecule has 0 unspecified atom stereocenters. The van der Waals surface area contributed by atoms with Gasteiger partial charge in [0.05, 0.1) is 23.6 Å². The Morgan fingerprint density at radius 1 is 1.06 bits per heavy atom. The standard InChI is InChI=1S/C26H23BrFN3O2/c1-17-25(18(2)31(30-17)15-21-8-3-4-12-24(21)28)29-26(32)20-9-5-7-19(13-20)16-33-23-11-6-10-22(27)14-23/h3-14H,15-16H2,1-2H3,(H,29,32). The van der Waals surface area contributed by atoms with Crippen molar-refractivity contribution in [2.24, 2.45) is 0 Å². The lowest BCUT2D eigenvalue weighted by Crippen LogP contribution is -2.14. The fraction of sp³-hybridized carbons (Fsp3) is 0.154. The van der Waals surface area contributed by atoms with Crippen molar-refractivity contribution in [1.29, 1.82) is 0 Å². The number of benzene rings is 3. The number of aryl methyl sites for hydroxylation is 1. The number of ether oxygens (including phenoxy) is 1. The first-order valence-corrected chi connectivity index (χ1v) is 11.3. The van der Waals surface area contributed by atoms with E-state index in [9.17, 15) is 9.18 Å². The summed E-state index contributed by atoms with van der Waals surface area (Å²) in [6.07, 6.45) is 0. The van der Waals surface area contributed by atoms with E-state index in [4.69, 9.17) is 4.74 Å². The lowest BCUT2D eigenvalue weighted by atomic mass is 10.1. The molecule has 0 atom stereocenters. The van der Waals surface area contributed by atoms with Gasteiger partial charge in [-0.1, -0.05) is 52.3 Å². The first kappa shape index (κ1) is 22.7. The Morgan fingerprint density at radius 2 is 1.85 bits per heavy atom. The molecule has 0 aliphatic rings. The van der Waals surface area contributed by atoms with Gasteiger partial charge in [-0.2, -0.15) is 5.10 Å². The van der Waals surface area contributed by atoms with E-state index in [0.29, 0.717) is 29.1 Å². The van der Waals surface area contributed by atoms with E-state index >= 15 is 0 Å². The molecule has 7 heteroatoms. The van der Waals surface area contributed by atoms with Gasteiger partial charge >= 0.3 is 0 Å². The first-order chi connectivity index (χ1) is 15.9. The number of carbonyl (C=O) groups is 1. The Balaban J connectivity index is 1.46. The van der Waals surface area contributed by atoms with Gasteiger partial charge in [0.1, 0.15) is 18.2 Å². The molecule has 4 rings (SSSR count). The van der Waals surface area contributed by atoms with Crippen LogP contribution in [0.15, 0.2) is 77.3 Å². The summed E-state index contributed by atoms with van der Waals surface area (Å²) in [5.74, 6) is 0.223. The Bertz CT molecular complexity index is 1300. The topological polar surface area (TPSA) is 56.2 Å². The lowest BCUT2D eigenvalue weighted by Gasteiger charge is -2.10. The Kier molecular flexibility index (Phi) is 6.89. The number of aromatic nitrogens is 2. The molecule has 0 saturated carbocycles. The molecular formula is C26H23BrFN3O2. The summed E-state index contributed by atoms with van der Waals surface area (Å²) < 4.78 is 22.5. The summed E-state index contributed by atoms with van der Waals surface area (Å²) >= 11 is 3.43. The molecule has 1 heterocycles. The van der Waals surface area contributed by atoms with Crippen LogP contribution in [-0.2, 0) is 13.2 Å². The molecule has 0 fully saturated rings. The Labute approximate surface area is 200 Å². The van der Waals surface area contributed by atoms with E-state index < -0.39 is 0 Å². The molecule has 4 aromatic rings. The normalized spacial score (nSPS) is 10.8. The molecule has 0 radical (unpaired) electrons. The van der Waals surface area contributed by atoms with Gasteiger partial charge in [0.2, 0.25) is 0 Å². The van der Waals surface area contributed by atoms with Crippen molar-refractivity contribution in [3.05, 3.63) is 111 Å². The van der Waals surface area contributed by atoms with Crippen molar-refractivity contribution in [2.75, 3.05) is 5.32 Å². The number of hydrogen-bond donors (Lipinski definition) is 1. The second-order valence-electron chi connectivity index (χ2n) is 7.70. The number of carbonyl (C=O) groups excluding carboxylic acids is 1. The number of hydrogen-bond acceptors (Lipinski definition) is 3. The van der Waals surface area contributed by atoms with Gasteiger partial charge < -0.3 is 10.1 Å². The van der Waals surface area contributed by atoms with E-state index in [0.717, 1.165) is 21.5 Å². The third-order valence-corrected chi connectivity index (χ3v) is 5.78. The zero-order valence-corrected chi connectivity index (χ0v) is 19.9. The Morgan fingerprint density at radius 3 is 2.64 bits per heavy atom. The van der Waals surface area contributed by atoms with Gasteiger partial charge in [0.15, 0.2) is 0 Å². The molecule has 0 bridgehead atoms. The van der Waals surface area contributed by atoms with Crippen LogP contribution in [0.2, 0.25) is 0 Å². The molecule has 3 aromatic carbocycles. The van der Waals surface area contributed by atoms with E-state index in [1.807, 2.05) is 56.3 Å². The minimum atomic E-state index is -0.280. The van der Waals surface area contributed by atoms with Gasteiger partial charge in [0.25, 0.3) is 5.91 Å². The summed E-state index contributed by atoms with van der Waals surface area (Å²) in [6.45, 7) is 4.31. The molecule has 0 aliphatic heterocycles. The smallest absolute Gasteiger partial charge is 0.255 e. The number of rotatable bonds is 7. The lowest BCUT2D eigenvalue weighted by molar-refractivity contribution is 0.102. The van der Waals surface area contributed by atoms with Crippen molar-refractivity contribution < 1.29 is 13.9 Å². The zero-order chi connectivity index (χ0) is 23.4. The predicted octanol–water partition coefficient (Wildman–Crippen LogP) is 6.28. The van der Waals surface area contributed by atoms with Crippen LogP contribution in [0.1, 0.15) is 32.9 Å². The van der Waals surface area contributed by atoms with Gasteiger partial charge in [-0.3, -0.25) is 9.48 Å². The Hall–Kier alpha value is -3.45. The van der Waals surface area contributed by atoms with Crippen LogP contribution >= 0.6 is 15.9 Å². The molecule has 0 saturated heterocycles. The molecule has 0 spiro atoms. The summed E-state index contributed by atoms with van der Waals surface area (Å²) in [4.78, 5) is 13.0. The fourth-order valence-corrected chi connectivity index (χ4v) is 3.91. The predicted molar refractivity (Wildman–Crippen MR) is 130 cm³/mol. The number of anilines is 1. The summed E-state index contributed by atoms with van der Waals surface area (Å²) in [6, 6.07) is 21.5. The molecule has 168 valence electrons. The second kappa shape index (κ2) is 10.0. The van der Waals surface area contributed by atoms with Gasteiger partial charge in [-0.05, 0) is 55.8 Å². The number of nitrogens with zero attached hydrogens (tertiary/aromatic N) is 2. The van der Waals surface area contributed by atoms with Crippen LogP contribution in [0.4, 0.5) is 10.1 Å². The quantitative estimate of drug-likeness (QED) is 0.320. The molecule has 1 aromatic heterocycles. The highest BCUT2D eigenvalue weighted by Crippen LogP contribution is 2.23. The van der Waals surface area contributed by atoms with E-state index in [-0.39, 0.29) is 18.3 Å². The van der Waals surface area contributed by atoms with Gasteiger partial charge in [-0.15, -0.1) is 0 Å². The van der Waals surface area contributed by atoms with Crippen molar-refractivity contribution in [2.45, 2.75) is 27.0 Å². The zero-order valence-electron chi connectivity index (χ0n) is 18.3. The second-order valence-corrected chi connectivity index (χ2v) is 8.61. The highest BCUT2D eigenvalue weighted by Gasteiger charge is 2.16. The third kappa shape index (κ3) is 5.49. The highest BCUT2D eigenvalue weighted by molar-refractivity contribution is 9.10. The third-order valence-electron chi connectivity index (χ3n) is 5.29. The molecule has 1 N–H and O–H groups in total. The van der Waals surface area contributed by atoms with Gasteiger partial charge in [-0.25, -0.2) is 4.39 Å². The van der Waals surface area contributed by atoms with E-state index in [1.54, 1.807) is 28.9 Å². The fourth-order valence-electron chi connectivity index (χ4n) is 3.53. The van der Waals surface area contributed by atoms with Crippen LogP contribution in [0.25, 0.3) is 0 Å². The van der Waals surface area contributed by atoms with Crippen molar-refractivity contribution in [1.82, 2.24) is 9.78 Å². The van der Waals surface area contributed by atoms with E-state index in [1.165, 1.54) is 6.07 Å². The minimum absolute atomic E-state index is 0.240. The largest absolute Gasteiger partial charge is 0.489 e. The van der Waals surface area contributed by atoms with Crippen molar-refractivity contribution >= 4 is 27.5 Å². The van der Waals surface area contributed by atoms with Crippen molar-refractivity contribution in [3.63, 3.8) is 0 Å². The maximum Gasteiger partial charge on any atom is 0.255 e. The maximum atomic E-state index is 14.1. The number of halogens is 2. The van der Waals surface area contributed by atoms with Crippen LogP contribution in [0, 0.1) is 19.7 Å². The maximum absolute atomic E-state index is 14.1. The minimum Gasteiger partial charge on any atom is -0.489 e. The van der Waals surface area contributed by atoms with E-state index in [2.05, 4.69) is 26.3 Å². The summed E-state index contributed by atoms with van der Waals surface area (Å²) in [7, 11) is 0. The average molecular weight is 508 g/mol. The van der Waals surface area contributed by atoms with Crippen LogP contribution in [-0.4, -0.2) is 15.7 Å². The monoisotopic (exact) mass is 507 g/mol. The number of nitrogens with one attached hydrogen (secondary N) is 1. The van der Waals surface area contributed by atoms with Crippen LogP contribution in [0.5, 0.6) is 5.75 Å². The molecule has 1 amide bonds. The van der Waals surface area contributed by atoms with Gasteiger partial charge in [0, 0.05) is 15.6 Å². The first-order valence-electron chi connectivity index (χ1n) is 10.5. The summed E-state index contributed by atoms with van der Waals surface area (Å²) in [5.41, 5.74) is 4.01. The molecule has 5 nitrogen and oxygen atoms in total.